The van der Waals surface area contributed by atoms with Crippen molar-refractivity contribution < 1.29 is 9.59 Å². The van der Waals surface area contributed by atoms with Crippen molar-refractivity contribution in [2.45, 2.75) is 52.0 Å². The van der Waals surface area contributed by atoms with Crippen LogP contribution in [0.3, 0.4) is 0 Å². The van der Waals surface area contributed by atoms with Gasteiger partial charge < -0.3 is 4.90 Å². The van der Waals surface area contributed by atoms with Gasteiger partial charge in [0.15, 0.2) is 0 Å². The summed E-state index contributed by atoms with van der Waals surface area (Å²) >= 11 is 0. The van der Waals surface area contributed by atoms with Crippen LogP contribution < -0.4 is 4.90 Å². The van der Waals surface area contributed by atoms with Crippen molar-refractivity contribution in [3.8, 4) is 0 Å². The molecule has 2 aromatic rings. The first-order valence-electron chi connectivity index (χ1n) is 9.15. The Morgan fingerprint density at radius 1 is 0.840 bits per heavy atom. The molecule has 0 spiro atoms. The second-order valence-corrected chi connectivity index (χ2v) is 6.67. The fourth-order valence-electron chi connectivity index (χ4n) is 3.47. The number of para-hydroxylation sites is 1. The lowest BCUT2D eigenvalue weighted by molar-refractivity contribution is -0.124. The molecule has 0 fully saturated rings. The van der Waals surface area contributed by atoms with E-state index in [0.29, 0.717) is 19.4 Å². The Balaban J connectivity index is 1.86. The maximum absolute atomic E-state index is 12.9. The van der Waals surface area contributed by atoms with E-state index in [1.165, 1.54) is 16.7 Å². The number of carbonyl (C=O) groups is 2. The lowest BCUT2D eigenvalue weighted by Gasteiger charge is -2.28. The van der Waals surface area contributed by atoms with E-state index in [0.717, 1.165) is 24.9 Å². The lowest BCUT2D eigenvalue weighted by atomic mass is 9.95. The highest BCUT2D eigenvalue weighted by Gasteiger charge is 2.22. The minimum absolute atomic E-state index is 0.0357. The number of ketones is 1. The zero-order valence-corrected chi connectivity index (χ0v) is 14.8. The van der Waals surface area contributed by atoms with Crippen LogP contribution in [0.2, 0.25) is 0 Å². The number of nitrogens with zero attached hydrogens (tertiary/aromatic N) is 1. The Kier molecular flexibility index (Phi) is 5.64. The summed E-state index contributed by atoms with van der Waals surface area (Å²) in [5, 5.41) is 0. The predicted octanol–water partition coefficient (Wildman–Crippen LogP) is 4.47. The lowest BCUT2D eigenvalue weighted by Crippen LogP contribution is -2.32. The van der Waals surface area contributed by atoms with Gasteiger partial charge in [0.05, 0.1) is 6.54 Å². The van der Waals surface area contributed by atoms with Gasteiger partial charge in [0.2, 0.25) is 5.91 Å². The van der Waals surface area contributed by atoms with Crippen LogP contribution in [0, 0.1) is 0 Å². The van der Waals surface area contributed by atoms with E-state index in [1.807, 2.05) is 36.1 Å². The molecule has 0 N–H and O–H groups in total. The van der Waals surface area contributed by atoms with Gasteiger partial charge in [-0.05, 0) is 42.0 Å². The average Bonchev–Trinajstić information content (AvgIpc) is 2.62. The number of benzene rings is 2. The molecule has 3 nitrogen and oxygen atoms in total. The standard InChI is InChI=1S/C22H25NO2/c1-2-7-20(24)14-15-22(25)23-16-19-10-4-3-8-17(19)12-13-18-9-5-6-11-21(18)23/h3-6,8-11H,2,7,12-16H2,1H3. The van der Waals surface area contributed by atoms with Crippen molar-refractivity contribution in [2.24, 2.45) is 0 Å². The highest BCUT2D eigenvalue weighted by atomic mass is 16.2. The third kappa shape index (κ3) is 4.16. The molecule has 25 heavy (non-hydrogen) atoms. The quantitative estimate of drug-likeness (QED) is 0.808. The normalized spacial score (nSPS) is 13.4. The summed E-state index contributed by atoms with van der Waals surface area (Å²) in [6.07, 6.45) is 3.94. The summed E-state index contributed by atoms with van der Waals surface area (Å²) in [5.74, 6) is 0.213. The van der Waals surface area contributed by atoms with Gasteiger partial charge in [0, 0.05) is 24.9 Å². The van der Waals surface area contributed by atoms with Gasteiger partial charge in [-0.2, -0.15) is 0 Å². The fraction of sp³-hybridized carbons (Fsp3) is 0.364. The summed E-state index contributed by atoms with van der Waals surface area (Å²) in [4.78, 5) is 26.6. The van der Waals surface area contributed by atoms with Crippen molar-refractivity contribution >= 4 is 17.4 Å². The number of anilines is 1. The van der Waals surface area contributed by atoms with Gasteiger partial charge in [-0.25, -0.2) is 0 Å². The fourth-order valence-corrected chi connectivity index (χ4v) is 3.47. The molecule has 1 heterocycles. The van der Waals surface area contributed by atoms with Crippen molar-refractivity contribution in [1.82, 2.24) is 0 Å². The summed E-state index contributed by atoms with van der Waals surface area (Å²) in [6, 6.07) is 16.5. The number of carbonyl (C=O) groups excluding carboxylic acids is 2. The maximum Gasteiger partial charge on any atom is 0.227 e. The second kappa shape index (κ2) is 8.11. The number of hydrogen-bond donors (Lipinski definition) is 0. The molecule has 1 aliphatic rings. The molecule has 1 amide bonds. The highest BCUT2D eigenvalue weighted by molar-refractivity contribution is 5.96. The Bertz CT molecular complexity index is 766. The molecular weight excluding hydrogens is 310 g/mol. The van der Waals surface area contributed by atoms with Crippen molar-refractivity contribution in [2.75, 3.05) is 4.90 Å². The number of hydrogen-bond acceptors (Lipinski definition) is 2. The largest absolute Gasteiger partial charge is 0.308 e. The monoisotopic (exact) mass is 335 g/mol. The van der Waals surface area contributed by atoms with E-state index in [9.17, 15) is 9.59 Å². The molecule has 0 aromatic heterocycles. The minimum atomic E-state index is 0.0357. The Morgan fingerprint density at radius 3 is 2.24 bits per heavy atom. The molecule has 0 atom stereocenters. The molecule has 0 saturated carbocycles. The summed E-state index contributed by atoms with van der Waals surface area (Å²) in [6.45, 7) is 2.57. The van der Waals surface area contributed by atoms with Crippen LogP contribution in [0.15, 0.2) is 48.5 Å². The van der Waals surface area contributed by atoms with Crippen molar-refractivity contribution in [1.29, 1.82) is 0 Å². The van der Waals surface area contributed by atoms with E-state index in [-0.39, 0.29) is 18.1 Å². The molecule has 0 unspecified atom stereocenters. The first-order chi connectivity index (χ1) is 12.2. The zero-order valence-electron chi connectivity index (χ0n) is 14.8. The second-order valence-electron chi connectivity index (χ2n) is 6.67. The van der Waals surface area contributed by atoms with Gasteiger partial charge in [0.25, 0.3) is 0 Å². The Hall–Kier alpha value is -2.42. The van der Waals surface area contributed by atoms with E-state index >= 15 is 0 Å². The van der Waals surface area contributed by atoms with E-state index in [4.69, 9.17) is 0 Å². The molecular formula is C22H25NO2. The topological polar surface area (TPSA) is 37.4 Å². The molecule has 130 valence electrons. The predicted molar refractivity (Wildman–Crippen MR) is 101 cm³/mol. The Morgan fingerprint density at radius 2 is 1.48 bits per heavy atom. The van der Waals surface area contributed by atoms with Gasteiger partial charge in [-0.1, -0.05) is 49.4 Å². The number of amides is 1. The summed E-state index contributed by atoms with van der Waals surface area (Å²) in [7, 11) is 0. The van der Waals surface area contributed by atoms with Gasteiger partial charge in [-0.15, -0.1) is 0 Å². The van der Waals surface area contributed by atoms with Crippen LogP contribution in [-0.2, 0) is 29.0 Å². The molecule has 0 saturated heterocycles. The molecule has 3 rings (SSSR count). The summed E-state index contributed by atoms with van der Waals surface area (Å²) < 4.78 is 0. The third-order valence-corrected chi connectivity index (χ3v) is 4.84. The van der Waals surface area contributed by atoms with Crippen LogP contribution >= 0.6 is 0 Å². The van der Waals surface area contributed by atoms with Gasteiger partial charge >= 0.3 is 0 Å². The molecule has 2 aromatic carbocycles. The zero-order chi connectivity index (χ0) is 17.6. The SMILES string of the molecule is CCCC(=O)CCC(=O)N1Cc2ccccc2CCc2ccccc21. The third-order valence-electron chi connectivity index (χ3n) is 4.84. The molecule has 0 bridgehead atoms. The minimum Gasteiger partial charge on any atom is -0.308 e. The maximum atomic E-state index is 12.9. The van der Waals surface area contributed by atoms with E-state index in [1.54, 1.807) is 0 Å². The van der Waals surface area contributed by atoms with E-state index < -0.39 is 0 Å². The molecule has 3 heteroatoms. The smallest absolute Gasteiger partial charge is 0.227 e. The Labute approximate surface area is 149 Å². The van der Waals surface area contributed by atoms with Crippen LogP contribution in [-0.4, -0.2) is 11.7 Å². The number of rotatable bonds is 5. The van der Waals surface area contributed by atoms with Crippen LogP contribution in [0.1, 0.15) is 49.3 Å². The van der Waals surface area contributed by atoms with Gasteiger partial charge in [-0.3, -0.25) is 9.59 Å². The highest BCUT2D eigenvalue weighted by Crippen LogP contribution is 2.29. The summed E-state index contributed by atoms with van der Waals surface area (Å²) in [5.41, 5.74) is 4.69. The molecule has 0 aliphatic carbocycles. The average molecular weight is 335 g/mol. The number of fused-ring (bicyclic) bond motifs is 2. The van der Waals surface area contributed by atoms with E-state index in [2.05, 4.69) is 24.3 Å². The van der Waals surface area contributed by atoms with Crippen molar-refractivity contribution in [3.63, 3.8) is 0 Å². The van der Waals surface area contributed by atoms with Crippen LogP contribution in [0.4, 0.5) is 5.69 Å². The van der Waals surface area contributed by atoms with Crippen LogP contribution in [0.25, 0.3) is 0 Å². The number of aryl methyl sites for hydroxylation is 2. The van der Waals surface area contributed by atoms with Crippen LogP contribution in [0.5, 0.6) is 0 Å². The first kappa shape index (κ1) is 17.4. The number of Topliss-reactive ketones (excluding diaryl/α,β-unsaturated/α-hetero) is 1. The molecule has 1 aliphatic heterocycles. The molecule has 0 radical (unpaired) electrons. The van der Waals surface area contributed by atoms with Gasteiger partial charge in [0.1, 0.15) is 5.78 Å². The first-order valence-corrected chi connectivity index (χ1v) is 9.15. The van der Waals surface area contributed by atoms with Crippen molar-refractivity contribution in [3.05, 3.63) is 65.2 Å².